The van der Waals surface area contributed by atoms with Crippen LogP contribution < -0.4 is 5.32 Å². The van der Waals surface area contributed by atoms with Gasteiger partial charge in [0.05, 0.1) is 0 Å². The lowest BCUT2D eigenvalue weighted by Crippen LogP contribution is -2.41. The van der Waals surface area contributed by atoms with E-state index in [1.165, 1.54) is 9.87 Å². The Bertz CT molecular complexity index is 1450. The summed E-state index contributed by atoms with van der Waals surface area (Å²) in [5.41, 5.74) is 6.29. The van der Waals surface area contributed by atoms with Crippen molar-refractivity contribution in [3.8, 4) is 0 Å². The summed E-state index contributed by atoms with van der Waals surface area (Å²) in [5, 5.41) is 7.43. The fourth-order valence-corrected chi connectivity index (χ4v) is 6.75. The zero-order valence-electron chi connectivity index (χ0n) is 21.8. The molecular weight excluding hydrogens is 510 g/mol. The van der Waals surface area contributed by atoms with Gasteiger partial charge in [0.25, 0.3) is 0 Å². The van der Waals surface area contributed by atoms with Crippen molar-refractivity contribution in [3.63, 3.8) is 0 Å². The molecule has 1 N–H and O–H groups in total. The Morgan fingerprint density at radius 3 is 2.32 bits per heavy atom. The van der Waals surface area contributed by atoms with Crippen molar-refractivity contribution >= 4 is 45.4 Å². The normalized spacial score (nSPS) is 15.4. The van der Waals surface area contributed by atoms with Gasteiger partial charge in [0.2, 0.25) is 15.9 Å². The summed E-state index contributed by atoms with van der Waals surface area (Å²) >= 11 is 6.07. The van der Waals surface area contributed by atoms with Crippen LogP contribution in [0.1, 0.15) is 52.1 Å². The van der Waals surface area contributed by atoms with Crippen molar-refractivity contribution in [2.24, 2.45) is 5.92 Å². The first-order valence-corrected chi connectivity index (χ1v) is 14.1. The summed E-state index contributed by atoms with van der Waals surface area (Å²) in [6.07, 6.45) is 4.38. The molecule has 1 amide bonds. The molecule has 1 aliphatic heterocycles. The quantitative estimate of drug-likeness (QED) is 0.408. The van der Waals surface area contributed by atoms with E-state index in [1.807, 2.05) is 39.8 Å². The summed E-state index contributed by atoms with van der Waals surface area (Å²) in [7, 11) is -3.86. The Labute approximate surface area is 223 Å². The van der Waals surface area contributed by atoms with Crippen LogP contribution in [0.2, 0.25) is 5.02 Å². The molecular formula is C28H32ClN3O4S. The van der Waals surface area contributed by atoms with E-state index in [-0.39, 0.29) is 35.6 Å². The highest BCUT2D eigenvalue weighted by atomic mass is 35.5. The molecule has 1 fully saturated rings. The second kappa shape index (κ2) is 10.8. The Balaban J connectivity index is 1.49. The highest BCUT2D eigenvalue weighted by molar-refractivity contribution is 7.89. The highest BCUT2D eigenvalue weighted by Gasteiger charge is 2.36. The van der Waals surface area contributed by atoms with Crippen molar-refractivity contribution in [3.05, 3.63) is 74.6 Å². The minimum absolute atomic E-state index is 0.0728. The van der Waals surface area contributed by atoms with Gasteiger partial charge in [-0.15, -0.1) is 0 Å². The van der Waals surface area contributed by atoms with E-state index in [2.05, 4.69) is 22.6 Å². The van der Waals surface area contributed by atoms with Gasteiger partial charge >= 0.3 is 0 Å². The average molecular weight is 542 g/mol. The van der Waals surface area contributed by atoms with E-state index in [4.69, 9.17) is 16.1 Å². The zero-order valence-corrected chi connectivity index (χ0v) is 23.3. The van der Waals surface area contributed by atoms with Crippen molar-refractivity contribution in [2.75, 3.05) is 18.4 Å². The third-order valence-electron chi connectivity index (χ3n) is 6.85. The van der Waals surface area contributed by atoms with Gasteiger partial charge in [0, 0.05) is 29.7 Å². The number of halogens is 1. The van der Waals surface area contributed by atoms with Crippen molar-refractivity contribution in [1.82, 2.24) is 9.46 Å². The van der Waals surface area contributed by atoms with E-state index >= 15 is 0 Å². The Morgan fingerprint density at radius 2 is 1.68 bits per heavy atom. The molecule has 2 aromatic carbocycles. The van der Waals surface area contributed by atoms with Crippen LogP contribution in [0.3, 0.4) is 0 Å². The van der Waals surface area contributed by atoms with E-state index in [0.717, 1.165) is 22.3 Å². The number of piperidine rings is 1. The first kappa shape index (κ1) is 27.1. The molecule has 0 aliphatic carbocycles. The topological polar surface area (TPSA) is 92.5 Å². The van der Waals surface area contributed by atoms with Crippen molar-refractivity contribution in [1.29, 1.82) is 0 Å². The molecule has 0 saturated carbocycles. The third kappa shape index (κ3) is 5.81. The maximum Gasteiger partial charge on any atom is 0.248 e. The van der Waals surface area contributed by atoms with Crippen molar-refractivity contribution in [2.45, 2.75) is 52.4 Å². The number of amides is 1. The van der Waals surface area contributed by atoms with Crippen LogP contribution in [0.5, 0.6) is 0 Å². The van der Waals surface area contributed by atoms with Gasteiger partial charge in [-0.2, -0.15) is 4.31 Å². The SMILES string of the molecule is Cc1cc(C)c(C=Cc2onc(C)c2S(=O)(=O)N2CCC(C(=O)Nc3cc(Cl)ccc3C)CC2)c(C)c1. The second-order valence-corrected chi connectivity index (χ2v) is 12.0. The molecule has 0 unspecified atom stereocenters. The molecule has 0 bridgehead atoms. The highest BCUT2D eigenvalue weighted by Crippen LogP contribution is 2.30. The summed E-state index contributed by atoms with van der Waals surface area (Å²) < 4.78 is 34.1. The predicted octanol–water partition coefficient (Wildman–Crippen LogP) is 6.08. The second-order valence-electron chi connectivity index (χ2n) is 9.73. The molecule has 7 nitrogen and oxygen atoms in total. The van der Waals surface area contributed by atoms with E-state index in [0.29, 0.717) is 29.2 Å². The fraction of sp³-hybridized carbons (Fsp3) is 0.357. The molecule has 196 valence electrons. The smallest absolute Gasteiger partial charge is 0.248 e. The Kier molecular flexibility index (Phi) is 7.92. The van der Waals surface area contributed by atoms with Crippen LogP contribution in [0.15, 0.2) is 39.8 Å². The van der Waals surface area contributed by atoms with Gasteiger partial charge in [-0.25, -0.2) is 8.42 Å². The standard InChI is InChI=1S/C28H32ClN3O4S/c1-17-14-19(3)24(20(4)15-17)8-9-26-27(21(5)31-36-26)37(34,35)32-12-10-22(11-13-32)28(33)30-25-16-23(29)7-6-18(25)2/h6-9,14-16,22H,10-13H2,1-5H3,(H,30,33). The number of aromatic nitrogens is 1. The summed E-state index contributed by atoms with van der Waals surface area (Å²) in [5.74, 6) is -0.218. The number of aryl methyl sites for hydroxylation is 5. The monoisotopic (exact) mass is 541 g/mol. The van der Waals surface area contributed by atoms with Crippen LogP contribution in [0.25, 0.3) is 12.2 Å². The number of sulfonamides is 1. The first-order valence-electron chi connectivity index (χ1n) is 12.3. The summed E-state index contributed by atoms with van der Waals surface area (Å²) in [4.78, 5) is 12.9. The number of carbonyl (C=O) groups is 1. The van der Waals surface area contributed by atoms with Gasteiger partial charge < -0.3 is 9.84 Å². The minimum atomic E-state index is -3.86. The largest absolute Gasteiger partial charge is 0.355 e. The molecule has 1 aromatic heterocycles. The predicted molar refractivity (Wildman–Crippen MR) is 147 cm³/mol. The maximum atomic E-state index is 13.6. The van der Waals surface area contributed by atoms with Gasteiger partial charge in [-0.1, -0.05) is 46.6 Å². The Morgan fingerprint density at radius 1 is 1.03 bits per heavy atom. The van der Waals surface area contributed by atoms with Crippen LogP contribution in [0, 0.1) is 40.5 Å². The molecule has 0 spiro atoms. The lowest BCUT2D eigenvalue weighted by molar-refractivity contribution is -0.120. The fourth-order valence-electron chi connectivity index (χ4n) is 4.86. The van der Waals surface area contributed by atoms with Gasteiger partial charge in [-0.05, 0) is 87.9 Å². The number of rotatable bonds is 6. The van der Waals surface area contributed by atoms with Crippen LogP contribution in [0.4, 0.5) is 5.69 Å². The third-order valence-corrected chi connectivity index (χ3v) is 9.15. The number of nitrogens with one attached hydrogen (secondary N) is 1. The molecule has 1 saturated heterocycles. The maximum absolute atomic E-state index is 13.6. The molecule has 0 radical (unpaired) electrons. The van der Waals surface area contributed by atoms with Gasteiger partial charge in [0.1, 0.15) is 5.69 Å². The Hall–Kier alpha value is -2.94. The molecule has 37 heavy (non-hydrogen) atoms. The minimum Gasteiger partial charge on any atom is -0.355 e. The molecule has 0 atom stereocenters. The summed E-state index contributed by atoms with van der Waals surface area (Å²) in [6.45, 7) is 10.1. The number of benzene rings is 2. The van der Waals surface area contributed by atoms with Gasteiger partial charge in [0.15, 0.2) is 10.7 Å². The summed E-state index contributed by atoms with van der Waals surface area (Å²) in [6, 6.07) is 9.52. The molecule has 4 rings (SSSR count). The van der Waals surface area contributed by atoms with Crippen LogP contribution in [-0.4, -0.2) is 36.9 Å². The van der Waals surface area contributed by atoms with Gasteiger partial charge in [-0.3, -0.25) is 4.79 Å². The molecule has 1 aliphatic rings. The van der Waals surface area contributed by atoms with Crippen LogP contribution >= 0.6 is 11.6 Å². The molecule has 3 aromatic rings. The van der Waals surface area contributed by atoms with E-state index in [9.17, 15) is 13.2 Å². The number of hydrogen-bond donors (Lipinski definition) is 1. The lowest BCUT2D eigenvalue weighted by Gasteiger charge is -2.30. The van der Waals surface area contributed by atoms with E-state index in [1.54, 1.807) is 25.1 Å². The molecule has 2 heterocycles. The number of carbonyl (C=O) groups excluding carboxylic acids is 1. The van der Waals surface area contributed by atoms with Crippen LogP contribution in [-0.2, 0) is 14.8 Å². The first-order chi connectivity index (χ1) is 17.5. The number of nitrogens with zero attached hydrogens (tertiary/aromatic N) is 2. The lowest BCUT2D eigenvalue weighted by atomic mass is 9.97. The van der Waals surface area contributed by atoms with E-state index < -0.39 is 10.0 Å². The average Bonchev–Trinajstić information content (AvgIpc) is 3.21. The molecule has 9 heteroatoms. The number of anilines is 1. The van der Waals surface area contributed by atoms with Crippen molar-refractivity contribution < 1.29 is 17.7 Å². The number of hydrogen-bond acceptors (Lipinski definition) is 5. The zero-order chi connectivity index (χ0) is 26.9.